The van der Waals surface area contributed by atoms with Gasteiger partial charge in [-0.1, -0.05) is 48.9 Å². The molecule has 0 atom stereocenters. The monoisotopic (exact) mass is 332 g/mol. The molecule has 1 saturated heterocycles. The first-order chi connectivity index (χ1) is 12.2. The Kier molecular flexibility index (Phi) is 4.41. The first kappa shape index (κ1) is 16.1. The van der Waals surface area contributed by atoms with E-state index in [1.54, 1.807) is 0 Å². The van der Waals surface area contributed by atoms with Gasteiger partial charge in [-0.2, -0.15) is 0 Å². The van der Waals surface area contributed by atoms with Gasteiger partial charge in [-0.05, 0) is 50.0 Å². The molecule has 0 spiro atoms. The number of aryl methyl sites for hydroxylation is 1. The summed E-state index contributed by atoms with van der Waals surface area (Å²) >= 11 is 0. The lowest BCUT2D eigenvalue weighted by Crippen LogP contribution is -2.32. The third kappa shape index (κ3) is 3.24. The zero-order valence-corrected chi connectivity index (χ0v) is 14.7. The highest BCUT2D eigenvalue weighted by Gasteiger charge is 2.18. The molecule has 4 rings (SSSR count). The number of hydrogen-bond donors (Lipinski definition) is 1. The van der Waals surface area contributed by atoms with Crippen molar-refractivity contribution in [3.63, 3.8) is 0 Å². The SMILES string of the molecule is Cc1ccc2c(-c3ccccc3)c(CN3CCCCC3)c(=O)[nH]c2c1. The van der Waals surface area contributed by atoms with E-state index in [2.05, 4.69) is 47.1 Å². The highest BCUT2D eigenvalue weighted by Crippen LogP contribution is 2.31. The van der Waals surface area contributed by atoms with Crippen molar-refractivity contribution in [2.45, 2.75) is 32.7 Å². The molecule has 2 heterocycles. The summed E-state index contributed by atoms with van der Waals surface area (Å²) in [6, 6.07) is 16.6. The van der Waals surface area contributed by atoms with E-state index in [0.29, 0.717) is 0 Å². The molecule has 0 bridgehead atoms. The molecule has 1 N–H and O–H groups in total. The third-order valence-corrected chi connectivity index (χ3v) is 5.16. The molecule has 1 aliphatic rings. The van der Waals surface area contributed by atoms with Gasteiger partial charge in [0.1, 0.15) is 0 Å². The van der Waals surface area contributed by atoms with Crippen LogP contribution >= 0.6 is 0 Å². The van der Waals surface area contributed by atoms with Crippen molar-refractivity contribution in [2.75, 3.05) is 13.1 Å². The summed E-state index contributed by atoms with van der Waals surface area (Å²) in [7, 11) is 0. The molecule has 25 heavy (non-hydrogen) atoms. The Morgan fingerprint density at radius 3 is 2.52 bits per heavy atom. The molecule has 0 radical (unpaired) electrons. The molecule has 3 heteroatoms. The molecule has 3 aromatic rings. The quantitative estimate of drug-likeness (QED) is 0.767. The summed E-state index contributed by atoms with van der Waals surface area (Å²) in [4.78, 5) is 18.5. The van der Waals surface area contributed by atoms with Crippen LogP contribution in [0.5, 0.6) is 0 Å². The lowest BCUT2D eigenvalue weighted by atomic mass is 9.95. The molecule has 1 aliphatic heterocycles. The van der Waals surface area contributed by atoms with Crippen LogP contribution in [0.4, 0.5) is 0 Å². The summed E-state index contributed by atoms with van der Waals surface area (Å²) in [6.45, 7) is 4.95. The Morgan fingerprint density at radius 1 is 1.00 bits per heavy atom. The summed E-state index contributed by atoms with van der Waals surface area (Å²) in [6.07, 6.45) is 3.76. The molecular formula is C22H24N2O. The van der Waals surface area contributed by atoms with Crippen molar-refractivity contribution < 1.29 is 0 Å². The Hall–Kier alpha value is -2.39. The van der Waals surface area contributed by atoms with Gasteiger partial charge >= 0.3 is 0 Å². The molecule has 0 aliphatic carbocycles. The number of aromatic nitrogens is 1. The van der Waals surface area contributed by atoms with E-state index < -0.39 is 0 Å². The van der Waals surface area contributed by atoms with Crippen LogP contribution in [0.1, 0.15) is 30.4 Å². The molecule has 3 nitrogen and oxygen atoms in total. The predicted octanol–water partition coefficient (Wildman–Crippen LogP) is 4.49. The number of aromatic amines is 1. The normalized spacial score (nSPS) is 15.6. The fourth-order valence-electron chi connectivity index (χ4n) is 3.88. The van der Waals surface area contributed by atoms with Gasteiger partial charge in [0.2, 0.25) is 0 Å². The summed E-state index contributed by atoms with van der Waals surface area (Å²) in [5, 5.41) is 1.13. The molecule has 0 amide bonds. The van der Waals surface area contributed by atoms with Gasteiger partial charge in [0, 0.05) is 28.6 Å². The number of piperidine rings is 1. The molecular weight excluding hydrogens is 308 g/mol. The molecule has 128 valence electrons. The van der Waals surface area contributed by atoms with Crippen LogP contribution in [-0.2, 0) is 6.54 Å². The lowest BCUT2D eigenvalue weighted by molar-refractivity contribution is 0.220. The number of fused-ring (bicyclic) bond motifs is 1. The Balaban J connectivity index is 1.92. The average Bonchev–Trinajstić information content (AvgIpc) is 2.64. The van der Waals surface area contributed by atoms with Gasteiger partial charge in [0.25, 0.3) is 5.56 Å². The Morgan fingerprint density at radius 2 is 1.76 bits per heavy atom. The standard InChI is InChI=1S/C22H24N2O/c1-16-10-11-18-20(14-16)23-22(25)19(15-24-12-6-3-7-13-24)21(18)17-8-4-2-5-9-17/h2,4-5,8-11,14H,3,6-7,12-13,15H2,1H3,(H,23,25). The van der Waals surface area contributed by atoms with Crippen LogP contribution < -0.4 is 5.56 Å². The second-order valence-electron chi connectivity index (χ2n) is 7.06. The van der Waals surface area contributed by atoms with Gasteiger partial charge in [0.05, 0.1) is 0 Å². The molecule has 1 aromatic heterocycles. The zero-order chi connectivity index (χ0) is 17.2. The number of H-pyrrole nitrogens is 1. The maximum atomic E-state index is 12.9. The van der Waals surface area contributed by atoms with Gasteiger partial charge in [-0.25, -0.2) is 0 Å². The smallest absolute Gasteiger partial charge is 0.253 e. The Labute approximate surface area is 148 Å². The maximum absolute atomic E-state index is 12.9. The highest BCUT2D eigenvalue weighted by atomic mass is 16.1. The van der Waals surface area contributed by atoms with Crippen molar-refractivity contribution in [1.29, 1.82) is 0 Å². The van der Waals surface area contributed by atoms with Crippen LogP contribution in [0.15, 0.2) is 53.3 Å². The van der Waals surface area contributed by atoms with Gasteiger partial charge in [-0.15, -0.1) is 0 Å². The van der Waals surface area contributed by atoms with E-state index in [1.807, 2.05) is 18.2 Å². The topological polar surface area (TPSA) is 36.1 Å². The van der Waals surface area contributed by atoms with Crippen molar-refractivity contribution >= 4 is 10.9 Å². The van der Waals surface area contributed by atoms with Crippen LogP contribution in [0, 0.1) is 6.92 Å². The van der Waals surface area contributed by atoms with Crippen molar-refractivity contribution in [2.24, 2.45) is 0 Å². The molecule has 0 saturated carbocycles. The van der Waals surface area contributed by atoms with Gasteiger partial charge < -0.3 is 4.98 Å². The number of benzene rings is 2. The number of nitrogens with one attached hydrogen (secondary N) is 1. The summed E-state index contributed by atoms with van der Waals surface area (Å²) in [5.41, 5.74) is 5.23. The van der Waals surface area contributed by atoms with E-state index in [1.165, 1.54) is 19.3 Å². The minimum atomic E-state index is 0.0440. The second-order valence-corrected chi connectivity index (χ2v) is 7.06. The van der Waals surface area contributed by atoms with E-state index in [9.17, 15) is 4.79 Å². The molecule has 0 unspecified atom stereocenters. The van der Waals surface area contributed by atoms with Crippen LogP contribution in [0.2, 0.25) is 0 Å². The first-order valence-electron chi connectivity index (χ1n) is 9.16. The summed E-state index contributed by atoms with van der Waals surface area (Å²) in [5.74, 6) is 0. The van der Waals surface area contributed by atoms with Crippen LogP contribution in [0.3, 0.4) is 0 Å². The second kappa shape index (κ2) is 6.85. The summed E-state index contributed by atoms with van der Waals surface area (Å²) < 4.78 is 0. The predicted molar refractivity (Wildman–Crippen MR) is 104 cm³/mol. The van der Waals surface area contributed by atoms with E-state index in [-0.39, 0.29) is 5.56 Å². The number of rotatable bonds is 3. The molecule has 2 aromatic carbocycles. The van der Waals surface area contributed by atoms with Crippen LogP contribution in [-0.4, -0.2) is 23.0 Å². The number of pyridine rings is 1. The van der Waals surface area contributed by atoms with Crippen molar-refractivity contribution in [1.82, 2.24) is 9.88 Å². The first-order valence-corrected chi connectivity index (χ1v) is 9.16. The fourth-order valence-corrected chi connectivity index (χ4v) is 3.88. The average molecular weight is 332 g/mol. The minimum absolute atomic E-state index is 0.0440. The van der Waals surface area contributed by atoms with E-state index >= 15 is 0 Å². The number of hydrogen-bond acceptors (Lipinski definition) is 2. The van der Waals surface area contributed by atoms with Crippen molar-refractivity contribution in [3.8, 4) is 11.1 Å². The molecule has 1 fully saturated rings. The number of nitrogens with zero attached hydrogens (tertiary/aromatic N) is 1. The zero-order valence-electron chi connectivity index (χ0n) is 14.7. The van der Waals surface area contributed by atoms with E-state index in [4.69, 9.17) is 0 Å². The highest BCUT2D eigenvalue weighted by molar-refractivity contribution is 5.96. The van der Waals surface area contributed by atoms with Crippen molar-refractivity contribution in [3.05, 3.63) is 70.0 Å². The minimum Gasteiger partial charge on any atom is -0.322 e. The number of likely N-dealkylation sites (tertiary alicyclic amines) is 1. The largest absolute Gasteiger partial charge is 0.322 e. The fraction of sp³-hybridized carbons (Fsp3) is 0.318. The van der Waals surface area contributed by atoms with Gasteiger partial charge in [-0.3, -0.25) is 9.69 Å². The van der Waals surface area contributed by atoms with Gasteiger partial charge in [0.15, 0.2) is 0 Å². The third-order valence-electron chi connectivity index (χ3n) is 5.16. The lowest BCUT2D eigenvalue weighted by Gasteiger charge is -2.27. The van der Waals surface area contributed by atoms with Crippen LogP contribution in [0.25, 0.3) is 22.0 Å². The van der Waals surface area contributed by atoms with E-state index in [0.717, 1.165) is 52.8 Å². The Bertz CT molecular complexity index is 937. The maximum Gasteiger partial charge on any atom is 0.253 e.